The molecule has 0 fully saturated rings. The first-order valence-corrected chi connectivity index (χ1v) is 8.23. The largest absolute Gasteiger partial charge is 1.00 e. The highest BCUT2D eigenvalue weighted by atomic mass is 79.9. The molecule has 6 heteroatoms. The van der Waals surface area contributed by atoms with Crippen molar-refractivity contribution in [2.75, 3.05) is 19.8 Å². The smallest absolute Gasteiger partial charge is 0.416 e. The van der Waals surface area contributed by atoms with Gasteiger partial charge in [0.05, 0.1) is 31.5 Å². The third kappa shape index (κ3) is 5.87. The monoisotopic (exact) mass is 361 g/mol. The van der Waals surface area contributed by atoms with E-state index in [2.05, 4.69) is 6.07 Å². The van der Waals surface area contributed by atoms with Gasteiger partial charge in [0.15, 0.2) is 6.16 Å². The van der Waals surface area contributed by atoms with Gasteiger partial charge in [0.2, 0.25) is 0 Å². The van der Waals surface area contributed by atoms with E-state index in [1.54, 1.807) is 12.1 Å². The molecule has 1 aromatic carbocycles. The molecule has 1 aromatic rings. The molecule has 1 rings (SSSR count). The minimum Gasteiger partial charge on any atom is -1.00 e. The summed E-state index contributed by atoms with van der Waals surface area (Å²) in [5.41, 5.74) is 1.71. The summed E-state index contributed by atoms with van der Waals surface area (Å²) in [7, 11) is -2.32. The fraction of sp³-hybridized carbons (Fsp3) is 0.500. The first-order chi connectivity index (χ1) is 9.19. The molecule has 20 heavy (non-hydrogen) atoms. The third-order valence-corrected chi connectivity index (χ3v) is 5.14. The summed E-state index contributed by atoms with van der Waals surface area (Å²) in [5.74, 6) is 0. The molecule has 0 N–H and O–H groups in total. The number of halogens is 1. The molecule has 0 heterocycles. The maximum atomic E-state index is 8.80. The normalized spacial score (nSPS) is 10.7. The molecule has 4 nitrogen and oxygen atoms in total. The number of rotatable bonds is 8. The molecule has 0 radical (unpaired) electrons. The van der Waals surface area contributed by atoms with Crippen LogP contribution in [0.5, 0.6) is 0 Å². The van der Waals surface area contributed by atoms with Crippen molar-refractivity contribution in [1.82, 2.24) is 0 Å². The van der Waals surface area contributed by atoms with E-state index in [-0.39, 0.29) is 17.0 Å². The minimum absolute atomic E-state index is 0. The van der Waals surface area contributed by atoms with Crippen LogP contribution < -0.4 is 17.0 Å². The van der Waals surface area contributed by atoms with E-state index >= 15 is 0 Å². The number of hydrogen-bond donors (Lipinski definition) is 0. The van der Waals surface area contributed by atoms with Gasteiger partial charge in [0.1, 0.15) is 0 Å². The van der Waals surface area contributed by atoms with Crippen LogP contribution in [0.3, 0.4) is 0 Å². The van der Waals surface area contributed by atoms with E-state index in [0.717, 1.165) is 5.56 Å². The Morgan fingerprint density at radius 2 is 1.40 bits per heavy atom. The lowest BCUT2D eigenvalue weighted by molar-refractivity contribution is -0.0000102. The van der Waals surface area contributed by atoms with Crippen molar-refractivity contribution >= 4 is 7.94 Å². The quantitative estimate of drug-likeness (QED) is 0.646. The van der Waals surface area contributed by atoms with E-state index in [9.17, 15) is 0 Å². The SMILES string of the molecule is CCO[P+](Cc1ccc(C#N)cc1)(OCC)OCC.[Br-]. The molecule has 0 spiro atoms. The van der Waals surface area contributed by atoms with Crippen LogP contribution in [0, 0.1) is 11.3 Å². The molecule has 112 valence electrons. The second kappa shape index (κ2) is 10.3. The molecule has 0 atom stereocenters. The van der Waals surface area contributed by atoms with Crippen LogP contribution >= 0.6 is 7.94 Å². The van der Waals surface area contributed by atoms with E-state index in [1.807, 2.05) is 32.9 Å². The predicted molar refractivity (Wildman–Crippen MR) is 76.7 cm³/mol. The predicted octanol–water partition coefficient (Wildman–Crippen LogP) is 0.934. The summed E-state index contributed by atoms with van der Waals surface area (Å²) >= 11 is 0. The third-order valence-electron chi connectivity index (χ3n) is 2.44. The zero-order chi connectivity index (χ0) is 14.1. The molecular formula is C14H21BrNO3P. The van der Waals surface area contributed by atoms with E-state index < -0.39 is 7.94 Å². The summed E-state index contributed by atoms with van der Waals surface area (Å²) in [5, 5.41) is 8.80. The zero-order valence-electron chi connectivity index (χ0n) is 12.1. The average Bonchev–Trinajstić information content (AvgIpc) is 2.40. The van der Waals surface area contributed by atoms with Gasteiger partial charge in [-0.25, -0.2) is 0 Å². The molecular weight excluding hydrogens is 341 g/mol. The topological polar surface area (TPSA) is 51.5 Å². The van der Waals surface area contributed by atoms with Crippen LogP contribution in [0.2, 0.25) is 0 Å². The Labute approximate surface area is 132 Å². The van der Waals surface area contributed by atoms with Crippen LogP contribution in [-0.4, -0.2) is 19.8 Å². The Hall–Kier alpha value is -0.500. The minimum atomic E-state index is -2.32. The summed E-state index contributed by atoms with van der Waals surface area (Å²) in [4.78, 5) is 0. The van der Waals surface area contributed by atoms with E-state index in [1.165, 1.54) is 0 Å². The molecule has 0 bridgehead atoms. The number of hydrogen-bond acceptors (Lipinski definition) is 4. The van der Waals surface area contributed by atoms with Gasteiger partial charge in [-0.3, -0.25) is 0 Å². The average molecular weight is 362 g/mol. The second-order valence-corrected chi connectivity index (χ2v) is 6.14. The van der Waals surface area contributed by atoms with Gasteiger partial charge in [0, 0.05) is 0 Å². The first-order valence-electron chi connectivity index (χ1n) is 6.50. The molecule has 0 aliphatic heterocycles. The highest BCUT2D eigenvalue weighted by molar-refractivity contribution is 7.60. The van der Waals surface area contributed by atoms with Gasteiger partial charge in [-0.1, -0.05) is 12.1 Å². The van der Waals surface area contributed by atoms with Crippen molar-refractivity contribution in [3.63, 3.8) is 0 Å². The molecule has 0 unspecified atom stereocenters. The Morgan fingerprint density at radius 1 is 0.950 bits per heavy atom. The maximum Gasteiger partial charge on any atom is 0.416 e. The fourth-order valence-corrected chi connectivity index (χ4v) is 4.08. The lowest BCUT2D eigenvalue weighted by atomic mass is 10.2. The molecule has 0 amide bonds. The van der Waals surface area contributed by atoms with Gasteiger partial charge in [0.25, 0.3) is 0 Å². The molecule has 0 aromatic heterocycles. The number of benzene rings is 1. The summed E-state index contributed by atoms with van der Waals surface area (Å²) in [6.45, 7) is 7.49. The number of nitrogens with zero attached hydrogens (tertiary/aromatic N) is 1. The van der Waals surface area contributed by atoms with Crippen molar-refractivity contribution in [1.29, 1.82) is 5.26 Å². The zero-order valence-corrected chi connectivity index (χ0v) is 14.6. The molecule has 0 saturated heterocycles. The Morgan fingerprint density at radius 3 is 1.75 bits per heavy atom. The highest BCUT2D eigenvalue weighted by Gasteiger charge is 2.44. The summed E-state index contributed by atoms with van der Waals surface area (Å²) in [6, 6.07) is 9.55. The number of nitriles is 1. The first kappa shape index (κ1) is 19.5. The standard InChI is InChI=1S/C14H21NO3P.BrH/c1-4-16-19(17-5-2,18-6-3)12-14-9-7-13(11-15)8-10-14;/h7-10H,4-6,12H2,1-3H3;1H/q+1;/p-1. The van der Waals surface area contributed by atoms with Gasteiger partial charge in [-0.2, -0.15) is 18.8 Å². The fourth-order valence-electron chi connectivity index (χ4n) is 1.75. The lowest BCUT2D eigenvalue weighted by Crippen LogP contribution is -3.00. The van der Waals surface area contributed by atoms with Crippen LogP contribution in [0.4, 0.5) is 0 Å². The van der Waals surface area contributed by atoms with Gasteiger partial charge in [-0.15, -0.1) is 0 Å². The van der Waals surface area contributed by atoms with E-state index in [0.29, 0.717) is 31.5 Å². The van der Waals surface area contributed by atoms with E-state index in [4.69, 9.17) is 18.8 Å². The molecule has 0 aliphatic rings. The Balaban J connectivity index is 0.00000361. The lowest BCUT2D eigenvalue weighted by Gasteiger charge is -2.20. The second-order valence-electron chi connectivity index (χ2n) is 3.83. The highest BCUT2D eigenvalue weighted by Crippen LogP contribution is 2.64. The van der Waals surface area contributed by atoms with Crippen molar-refractivity contribution in [3.8, 4) is 6.07 Å². The Kier molecular flexibility index (Phi) is 10.0. The van der Waals surface area contributed by atoms with Crippen molar-refractivity contribution in [2.45, 2.75) is 26.9 Å². The van der Waals surface area contributed by atoms with Crippen molar-refractivity contribution in [2.24, 2.45) is 0 Å². The van der Waals surface area contributed by atoms with Gasteiger partial charge >= 0.3 is 7.94 Å². The summed E-state index contributed by atoms with van der Waals surface area (Å²) < 4.78 is 17.3. The van der Waals surface area contributed by atoms with Crippen molar-refractivity contribution in [3.05, 3.63) is 35.4 Å². The van der Waals surface area contributed by atoms with Crippen molar-refractivity contribution < 1.29 is 30.6 Å². The van der Waals surface area contributed by atoms with Crippen LogP contribution in [0.25, 0.3) is 0 Å². The summed E-state index contributed by atoms with van der Waals surface area (Å²) in [6.07, 6.45) is 0.605. The van der Waals surface area contributed by atoms with Crippen LogP contribution in [-0.2, 0) is 19.7 Å². The Bertz CT molecular complexity index is 402. The van der Waals surface area contributed by atoms with Gasteiger partial charge in [-0.05, 0) is 38.5 Å². The molecule has 0 saturated carbocycles. The van der Waals surface area contributed by atoms with Crippen LogP contribution in [0.15, 0.2) is 24.3 Å². The maximum absolute atomic E-state index is 8.80. The molecule has 0 aliphatic carbocycles. The van der Waals surface area contributed by atoms with Crippen LogP contribution in [0.1, 0.15) is 31.9 Å². The van der Waals surface area contributed by atoms with Gasteiger partial charge < -0.3 is 17.0 Å².